The first-order valence-corrected chi connectivity index (χ1v) is 12.1. The van der Waals surface area contributed by atoms with Gasteiger partial charge in [0, 0.05) is 18.3 Å². The zero-order valence-corrected chi connectivity index (χ0v) is 20.6. The zero-order valence-electron chi connectivity index (χ0n) is 20.6. The van der Waals surface area contributed by atoms with Crippen LogP contribution in [0.2, 0.25) is 0 Å². The van der Waals surface area contributed by atoms with E-state index in [1.807, 2.05) is 0 Å². The number of carbonyl (C=O) groups is 4. The van der Waals surface area contributed by atoms with Gasteiger partial charge in [0.15, 0.2) is 0 Å². The van der Waals surface area contributed by atoms with Crippen molar-refractivity contribution in [2.24, 2.45) is 17.2 Å². The second-order valence-electron chi connectivity index (χ2n) is 8.64. The highest BCUT2D eigenvalue weighted by molar-refractivity contribution is 5.94. The molecule has 1 rings (SSSR count). The van der Waals surface area contributed by atoms with Crippen LogP contribution in [0.5, 0.6) is 0 Å². The molecule has 1 aromatic heterocycles. The minimum absolute atomic E-state index is 0.130. The average Bonchev–Trinajstić information content (AvgIpc) is 3.33. The summed E-state index contributed by atoms with van der Waals surface area (Å²) in [6.45, 7) is 2.09. The summed E-state index contributed by atoms with van der Waals surface area (Å²) in [5.41, 5.74) is 17.5. The second-order valence-corrected chi connectivity index (χ2v) is 8.64. The lowest BCUT2D eigenvalue weighted by Gasteiger charge is -2.26. The minimum Gasteiger partial charge on any atom is -0.480 e. The highest BCUT2D eigenvalue weighted by Gasteiger charge is 2.32. The summed E-state index contributed by atoms with van der Waals surface area (Å²) >= 11 is 0. The van der Waals surface area contributed by atoms with Crippen LogP contribution in [0.1, 0.15) is 51.1 Å². The Bertz CT molecular complexity index is 819. The maximum Gasteiger partial charge on any atom is 0.326 e. The molecule has 0 aliphatic carbocycles. The summed E-state index contributed by atoms with van der Waals surface area (Å²) in [7, 11) is 0. The summed E-state index contributed by atoms with van der Waals surface area (Å²) < 4.78 is 0. The van der Waals surface area contributed by atoms with Gasteiger partial charge in [-0.2, -0.15) is 0 Å². The Labute approximate surface area is 210 Å². The van der Waals surface area contributed by atoms with Crippen molar-refractivity contribution in [3.05, 3.63) is 18.2 Å². The van der Waals surface area contributed by atoms with Crippen molar-refractivity contribution < 1.29 is 29.4 Å². The van der Waals surface area contributed by atoms with Crippen LogP contribution in [0.3, 0.4) is 0 Å². The van der Waals surface area contributed by atoms with E-state index in [2.05, 4.69) is 25.9 Å². The maximum absolute atomic E-state index is 13.0. The fraction of sp³-hybridized carbons (Fsp3) is 0.682. The first-order chi connectivity index (χ1) is 17.1. The van der Waals surface area contributed by atoms with Crippen molar-refractivity contribution in [1.82, 2.24) is 25.9 Å². The smallest absolute Gasteiger partial charge is 0.326 e. The van der Waals surface area contributed by atoms with Crippen LogP contribution in [0, 0.1) is 0 Å². The monoisotopic (exact) mass is 512 g/mol. The zero-order chi connectivity index (χ0) is 27.1. The molecular weight excluding hydrogens is 472 g/mol. The molecule has 14 heteroatoms. The third-order valence-electron chi connectivity index (χ3n) is 5.54. The molecule has 5 unspecified atom stereocenters. The number of aromatic amines is 1. The summed E-state index contributed by atoms with van der Waals surface area (Å²) in [6, 6.07) is -4.66. The lowest BCUT2D eigenvalue weighted by atomic mass is 10.0. The van der Waals surface area contributed by atoms with Crippen LogP contribution in [-0.4, -0.2) is 87.2 Å². The van der Waals surface area contributed by atoms with E-state index in [1.165, 1.54) is 19.4 Å². The summed E-state index contributed by atoms with van der Waals surface area (Å²) in [5.74, 6) is -3.38. The number of aliphatic hydroxyl groups excluding tert-OH is 1. The first kappa shape index (κ1) is 31.0. The van der Waals surface area contributed by atoms with Crippen molar-refractivity contribution in [3.8, 4) is 0 Å². The average molecular weight is 513 g/mol. The molecule has 36 heavy (non-hydrogen) atoms. The first-order valence-electron chi connectivity index (χ1n) is 12.1. The molecule has 0 fully saturated rings. The summed E-state index contributed by atoms with van der Waals surface area (Å²) in [4.78, 5) is 56.6. The predicted molar refractivity (Wildman–Crippen MR) is 131 cm³/mol. The van der Waals surface area contributed by atoms with Crippen molar-refractivity contribution in [2.75, 3.05) is 13.1 Å². The van der Waals surface area contributed by atoms with E-state index in [-0.39, 0.29) is 19.3 Å². The third-order valence-corrected chi connectivity index (χ3v) is 5.54. The molecule has 0 aliphatic heterocycles. The van der Waals surface area contributed by atoms with E-state index in [4.69, 9.17) is 17.2 Å². The Hall–Kier alpha value is -3.07. The molecule has 0 saturated carbocycles. The number of hydrogen-bond acceptors (Lipinski definition) is 9. The van der Waals surface area contributed by atoms with Gasteiger partial charge in [-0.3, -0.25) is 14.4 Å². The largest absolute Gasteiger partial charge is 0.480 e. The Balaban J connectivity index is 2.88. The minimum atomic E-state index is -1.39. The van der Waals surface area contributed by atoms with Crippen LogP contribution in [-0.2, 0) is 25.6 Å². The molecule has 0 spiro atoms. The van der Waals surface area contributed by atoms with Gasteiger partial charge in [0.2, 0.25) is 17.7 Å². The van der Waals surface area contributed by atoms with E-state index in [9.17, 15) is 29.4 Å². The SMILES string of the molecule is CC(O)C(NC(=O)C(N)Cc1cnc[nH]1)C(=O)NC(CCCCN)C(=O)NC(CCCCN)C(=O)O. The Morgan fingerprint density at radius 3 is 2.03 bits per heavy atom. The molecule has 0 bridgehead atoms. The molecule has 0 aliphatic rings. The van der Waals surface area contributed by atoms with Gasteiger partial charge in [-0.25, -0.2) is 9.78 Å². The Morgan fingerprint density at radius 2 is 1.53 bits per heavy atom. The number of unbranched alkanes of at least 4 members (excludes halogenated alkanes) is 2. The number of aliphatic hydroxyl groups is 1. The summed E-state index contributed by atoms with van der Waals surface area (Å²) in [6.07, 6.45) is 4.33. The van der Waals surface area contributed by atoms with E-state index in [0.29, 0.717) is 44.5 Å². The molecule has 3 amide bonds. The number of nitrogens with two attached hydrogens (primary N) is 3. The number of carbonyl (C=O) groups excluding carboxylic acids is 3. The van der Waals surface area contributed by atoms with Crippen molar-refractivity contribution >= 4 is 23.7 Å². The Kier molecular flexibility index (Phi) is 14.3. The standard InChI is InChI=1S/C22H40N8O6/c1-13(31)18(30-19(32)15(25)10-14-11-26-12-27-14)21(34)28-16(6-2-4-8-23)20(33)29-17(22(35)36)7-3-5-9-24/h11-13,15-18,31H,2-10,23-25H2,1H3,(H,26,27)(H,28,34)(H,29,33)(H,30,32)(H,35,36). The fourth-order valence-electron chi connectivity index (χ4n) is 3.44. The van der Waals surface area contributed by atoms with Crippen molar-refractivity contribution in [2.45, 2.75) is 82.1 Å². The molecule has 0 radical (unpaired) electrons. The van der Waals surface area contributed by atoms with Crippen LogP contribution in [0.25, 0.3) is 0 Å². The number of aromatic nitrogens is 2. The van der Waals surface area contributed by atoms with Gasteiger partial charge in [0.05, 0.1) is 18.5 Å². The molecular formula is C22H40N8O6. The highest BCUT2D eigenvalue weighted by atomic mass is 16.4. The number of amides is 3. The molecule has 12 N–H and O–H groups in total. The van der Waals surface area contributed by atoms with Crippen LogP contribution < -0.4 is 33.2 Å². The summed E-state index contributed by atoms with van der Waals surface area (Å²) in [5, 5.41) is 27.0. The van der Waals surface area contributed by atoms with Gasteiger partial charge in [-0.05, 0) is 58.5 Å². The number of aliphatic carboxylic acids is 1. The molecule has 14 nitrogen and oxygen atoms in total. The number of nitrogens with zero attached hydrogens (tertiary/aromatic N) is 1. The number of nitrogens with one attached hydrogen (secondary N) is 4. The number of hydrogen-bond donors (Lipinski definition) is 9. The molecule has 5 atom stereocenters. The van der Waals surface area contributed by atoms with E-state index in [1.54, 1.807) is 0 Å². The highest BCUT2D eigenvalue weighted by Crippen LogP contribution is 2.07. The van der Waals surface area contributed by atoms with Crippen molar-refractivity contribution in [1.29, 1.82) is 0 Å². The lowest BCUT2D eigenvalue weighted by Crippen LogP contribution is -2.60. The fourth-order valence-corrected chi connectivity index (χ4v) is 3.44. The third kappa shape index (κ3) is 11.1. The van der Waals surface area contributed by atoms with Gasteiger partial charge in [0.25, 0.3) is 0 Å². The normalized spacial score (nSPS) is 15.2. The second kappa shape index (κ2) is 16.6. The number of imidazole rings is 1. The quantitative estimate of drug-likeness (QED) is 0.0931. The maximum atomic E-state index is 13.0. The van der Waals surface area contributed by atoms with Crippen LogP contribution >= 0.6 is 0 Å². The number of carboxylic acid groups (broad SMARTS) is 1. The topological polar surface area (TPSA) is 252 Å². The number of carboxylic acids is 1. The molecule has 204 valence electrons. The van der Waals surface area contributed by atoms with Crippen molar-refractivity contribution in [3.63, 3.8) is 0 Å². The van der Waals surface area contributed by atoms with Gasteiger partial charge in [-0.1, -0.05) is 0 Å². The molecule has 0 saturated heterocycles. The number of H-pyrrole nitrogens is 1. The van der Waals surface area contributed by atoms with E-state index >= 15 is 0 Å². The molecule has 1 aromatic rings. The number of rotatable bonds is 18. The Morgan fingerprint density at radius 1 is 0.944 bits per heavy atom. The predicted octanol–water partition coefficient (Wildman–Crippen LogP) is -2.54. The van der Waals surface area contributed by atoms with Crippen LogP contribution in [0.15, 0.2) is 12.5 Å². The van der Waals surface area contributed by atoms with Crippen LogP contribution in [0.4, 0.5) is 0 Å². The van der Waals surface area contributed by atoms with E-state index in [0.717, 1.165) is 0 Å². The lowest BCUT2D eigenvalue weighted by molar-refractivity contribution is -0.142. The van der Waals surface area contributed by atoms with E-state index < -0.39 is 54.0 Å². The molecule has 0 aromatic carbocycles. The molecule has 1 heterocycles. The van der Waals surface area contributed by atoms with Gasteiger partial charge >= 0.3 is 5.97 Å². The van der Waals surface area contributed by atoms with Gasteiger partial charge in [0.1, 0.15) is 18.1 Å². The van der Waals surface area contributed by atoms with Gasteiger partial charge in [-0.15, -0.1) is 0 Å². The van der Waals surface area contributed by atoms with Gasteiger partial charge < -0.3 is 48.3 Å².